The zero-order valence-corrected chi connectivity index (χ0v) is 25.1. The van der Waals surface area contributed by atoms with Gasteiger partial charge in [0.25, 0.3) is 11.8 Å². The summed E-state index contributed by atoms with van der Waals surface area (Å²) in [6.45, 7) is 9.77. The molecule has 0 spiro atoms. The summed E-state index contributed by atoms with van der Waals surface area (Å²) >= 11 is 6.24. The van der Waals surface area contributed by atoms with Crippen molar-refractivity contribution in [2.45, 2.75) is 58.8 Å². The van der Waals surface area contributed by atoms with Crippen molar-refractivity contribution in [3.8, 4) is 5.75 Å². The fourth-order valence-corrected chi connectivity index (χ4v) is 4.75. The Morgan fingerprint density at radius 2 is 1.45 bits per heavy atom. The number of hydrogen-bond donors (Lipinski definition) is 0. The van der Waals surface area contributed by atoms with Crippen LogP contribution >= 0.6 is 11.6 Å². The molecule has 0 fully saturated rings. The quantitative estimate of drug-likeness (QED) is 0.167. The molecule has 0 saturated heterocycles. The van der Waals surface area contributed by atoms with Crippen molar-refractivity contribution in [1.82, 2.24) is 10.0 Å². The zero-order valence-electron chi connectivity index (χ0n) is 24.3. The van der Waals surface area contributed by atoms with Crippen LogP contribution in [-0.2, 0) is 10.9 Å². The molecule has 1 unspecified atom stereocenters. The van der Waals surface area contributed by atoms with Crippen LogP contribution in [-0.4, -0.2) is 40.6 Å². The van der Waals surface area contributed by atoms with Gasteiger partial charge in [0.05, 0.1) is 18.2 Å². The molecule has 0 aliphatic carbocycles. The summed E-state index contributed by atoms with van der Waals surface area (Å²) in [6.07, 6.45) is -6.09. The molecule has 224 valence electrons. The minimum absolute atomic E-state index is 0.0546. The lowest BCUT2D eigenvalue weighted by molar-refractivity contribution is -0.139. The van der Waals surface area contributed by atoms with Gasteiger partial charge in [-0.3, -0.25) is 9.59 Å². The van der Waals surface area contributed by atoms with Crippen molar-refractivity contribution >= 4 is 29.5 Å². The fraction of sp³-hybridized carbons (Fsp3) is 0.323. The van der Waals surface area contributed by atoms with Crippen LogP contribution in [0.1, 0.15) is 74.9 Å². The molecule has 0 N–H and O–H groups in total. The summed E-state index contributed by atoms with van der Waals surface area (Å²) in [7, 11) is 1.42. The highest BCUT2D eigenvalue weighted by molar-refractivity contribution is 6.20. The van der Waals surface area contributed by atoms with Gasteiger partial charge in [0.15, 0.2) is 0 Å². The molecule has 42 heavy (non-hydrogen) atoms. The smallest absolute Gasteiger partial charge is 0.431 e. The maximum Gasteiger partial charge on any atom is 0.431 e. The molecule has 7 nitrogen and oxygen atoms in total. The average Bonchev–Trinajstić information content (AvgIpc) is 2.89. The van der Waals surface area contributed by atoms with Gasteiger partial charge in [-0.15, -0.1) is 0 Å². The number of hydrogen-bond acceptors (Lipinski definition) is 5. The minimum atomic E-state index is -4.77. The Hall–Kier alpha value is -4.05. The number of halogens is 4. The Bertz CT molecular complexity index is 1480. The Labute approximate surface area is 247 Å². The predicted octanol–water partition coefficient (Wildman–Crippen LogP) is 8.01. The molecule has 0 saturated carbocycles. The summed E-state index contributed by atoms with van der Waals surface area (Å²) in [4.78, 5) is 42.0. The van der Waals surface area contributed by atoms with E-state index in [4.69, 9.17) is 21.1 Å². The van der Waals surface area contributed by atoms with E-state index in [0.717, 1.165) is 28.3 Å². The number of rotatable bonds is 5. The number of benzene rings is 3. The maximum atomic E-state index is 14.2. The first-order valence-electron chi connectivity index (χ1n) is 12.9. The monoisotopic (exact) mass is 604 g/mol. The van der Waals surface area contributed by atoms with E-state index in [1.54, 1.807) is 45.0 Å². The van der Waals surface area contributed by atoms with Crippen molar-refractivity contribution in [3.05, 3.63) is 99.6 Å². The van der Waals surface area contributed by atoms with Gasteiger partial charge in [-0.1, -0.05) is 53.1 Å². The highest BCUT2D eigenvalue weighted by Gasteiger charge is 2.43. The molecule has 0 bridgehead atoms. The van der Waals surface area contributed by atoms with Crippen LogP contribution in [0, 0.1) is 20.8 Å². The lowest BCUT2D eigenvalue weighted by Gasteiger charge is -2.41. The highest BCUT2D eigenvalue weighted by atomic mass is 35.5. The lowest BCUT2D eigenvalue weighted by atomic mass is 10.0. The molecule has 0 aromatic heterocycles. The van der Waals surface area contributed by atoms with E-state index in [1.165, 1.54) is 46.1 Å². The zero-order chi connectivity index (χ0) is 31.6. The Morgan fingerprint density at radius 1 is 0.857 bits per heavy atom. The minimum Gasteiger partial charge on any atom is -0.496 e. The van der Waals surface area contributed by atoms with Gasteiger partial charge in [-0.05, 0) is 71.9 Å². The van der Waals surface area contributed by atoms with Crippen molar-refractivity contribution in [3.63, 3.8) is 0 Å². The van der Waals surface area contributed by atoms with Gasteiger partial charge in [0.1, 0.15) is 5.75 Å². The Balaban J connectivity index is 2.17. The number of ether oxygens (including phenoxy) is 2. The topological polar surface area (TPSA) is 76.2 Å². The first-order chi connectivity index (χ1) is 19.5. The van der Waals surface area contributed by atoms with Crippen molar-refractivity contribution in [2.75, 3.05) is 7.11 Å². The van der Waals surface area contributed by atoms with Crippen LogP contribution in [0.4, 0.5) is 18.0 Å². The number of imide groups is 1. The van der Waals surface area contributed by atoms with Gasteiger partial charge in [-0.25, -0.2) is 9.80 Å². The van der Waals surface area contributed by atoms with Gasteiger partial charge < -0.3 is 9.47 Å². The third-order valence-electron chi connectivity index (χ3n) is 6.31. The van der Waals surface area contributed by atoms with Crippen LogP contribution < -0.4 is 4.74 Å². The fourth-order valence-electron chi connectivity index (χ4n) is 4.49. The molecule has 1 atom stereocenters. The molecule has 11 heteroatoms. The molecular formula is C31H32ClF3N2O5. The molecule has 3 aromatic rings. The van der Waals surface area contributed by atoms with Gasteiger partial charge in [0.2, 0.25) is 5.56 Å². The van der Waals surface area contributed by atoms with E-state index in [0.29, 0.717) is 16.3 Å². The van der Waals surface area contributed by atoms with Crippen LogP contribution in [0.5, 0.6) is 5.75 Å². The molecule has 0 aliphatic heterocycles. The van der Waals surface area contributed by atoms with E-state index >= 15 is 0 Å². The molecule has 3 rings (SSSR count). The summed E-state index contributed by atoms with van der Waals surface area (Å²) in [5.74, 6) is -1.37. The Morgan fingerprint density at radius 3 is 2.00 bits per heavy atom. The third kappa shape index (κ3) is 7.05. The van der Waals surface area contributed by atoms with Crippen molar-refractivity contribution in [2.24, 2.45) is 0 Å². The first kappa shape index (κ1) is 32.5. The summed E-state index contributed by atoms with van der Waals surface area (Å²) in [5, 5.41) is 1.40. The van der Waals surface area contributed by atoms with Crippen molar-refractivity contribution < 1.29 is 37.0 Å². The number of aryl methyl sites for hydroxylation is 2. The SMILES string of the molecule is COc1cccc(C(=O)N(C(=O)c2cc(C)cc(C)c2)N(C(=O)OC(Cl)c2ccccc2C(F)(F)F)C(C)(C)C)c1C. The van der Waals surface area contributed by atoms with Gasteiger partial charge >= 0.3 is 12.3 Å². The maximum absolute atomic E-state index is 14.2. The van der Waals surface area contributed by atoms with E-state index in [1.807, 2.05) is 6.07 Å². The second-order valence-electron chi connectivity index (χ2n) is 10.7. The summed E-state index contributed by atoms with van der Waals surface area (Å²) < 4.78 is 51.6. The van der Waals surface area contributed by atoms with Crippen LogP contribution in [0.3, 0.4) is 0 Å². The normalized spacial score (nSPS) is 12.4. The molecule has 0 aliphatic rings. The largest absolute Gasteiger partial charge is 0.496 e. The summed E-state index contributed by atoms with van der Waals surface area (Å²) in [6, 6.07) is 14.0. The molecule has 3 aromatic carbocycles. The summed E-state index contributed by atoms with van der Waals surface area (Å²) in [5.41, 5.74) is -2.76. The Kier molecular flexibility index (Phi) is 9.62. The molecule has 0 radical (unpaired) electrons. The standard InChI is InChI=1S/C31H32ClF3N2O5/c1-18-15-19(2)17-21(16-18)27(38)36(28(39)22-12-10-14-25(41-7)20(22)3)37(30(4,5)6)29(40)42-26(32)23-11-8-9-13-24(23)31(33,34)35/h8-17,26H,1-7H3. The second kappa shape index (κ2) is 12.4. The second-order valence-corrected chi connectivity index (χ2v) is 11.1. The van der Waals surface area contributed by atoms with Gasteiger partial charge in [0, 0.05) is 22.3 Å². The molecule has 0 heterocycles. The van der Waals surface area contributed by atoms with Crippen molar-refractivity contribution in [1.29, 1.82) is 0 Å². The third-order valence-corrected chi connectivity index (χ3v) is 6.64. The van der Waals surface area contributed by atoms with E-state index in [9.17, 15) is 27.6 Å². The van der Waals surface area contributed by atoms with Crippen LogP contribution in [0.2, 0.25) is 0 Å². The molecule has 3 amide bonds. The molecular weight excluding hydrogens is 573 g/mol. The lowest BCUT2D eigenvalue weighted by Crippen LogP contribution is -2.60. The predicted molar refractivity (Wildman–Crippen MR) is 152 cm³/mol. The van der Waals surface area contributed by atoms with Gasteiger partial charge in [-0.2, -0.15) is 18.2 Å². The number of hydrazine groups is 1. The van der Waals surface area contributed by atoms with Crippen LogP contribution in [0.25, 0.3) is 0 Å². The van der Waals surface area contributed by atoms with Crippen LogP contribution in [0.15, 0.2) is 60.7 Å². The number of carbonyl (C=O) groups excluding carboxylic acids is 3. The van der Waals surface area contributed by atoms with E-state index in [2.05, 4.69) is 0 Å². The van der Waals surface area contributed by atoms with E-state index < -0.39 is 46.3 Å². The average molecular weight is 605 g/mol. The first-order valence-corrected chi connectivity index (χ1v) is 13.3. The number of carbonyl (C=O) groups is 3. The highest BCUT2D eigenvalue weighted by Crippen LogP contribution is 2.38. The number of amides is 3. The van der Waals surface area contributed by atoms with E-state index in [-0.39, 0.29) is 11.1 Å². The number of methoxy groups -OCH3 is 1. The number of alkyl halides is 4. The number of nitrogens with zero attached hydrogens (tertiary/aromatic N) is 2.